The number of halogens is 2. The molecule has 1 aliphatic heterocycles. The van der Waals surface area contributed by atoms with Crippen LogP contribution in [-0.2, 0) is 20.9 Å². The summed E-state index contributed by atoms with van der Waals surface area (Å²) in [5, 5.41) is 27.8. The molecule has 4 atom stereocenters. The third-order valence-electron chi connectivity index (χ3n) is 8.48. The number of aromatic nitrogens is 1. The molecule has 1 saturated heterocycles. The first kappa shape index (κ1) is 34.1. The standard InChI is InChI=1S/C30H45F2N5O6/c1-28(2,3)23(36-27(42)43)26(41)37-18-30(11-6-5-7-12-30)16-21(37)24(39)35-20(8-13-29(4,31)32)22(38)25(40)34-17-19-9-14-33-15-10-19/h9-10,14-15,20-23,36,38H,5-8,11-13,16-18H2,1-4H3,(H,34,40)(H,35,39)(H,42,43)/t20-,21-,22?,23+/m0/s1. The van der Waals surface area contributed by atoms with E-state index in [9.17, 15) is 38.2 Å². The van der Waals surface area contributed by atoms with Gasteiger partial charge in [-0.1, -0.05) is 40.0 Å². The number of alkyl halides is 2. The predicted molar refractivity (Wildman–Crippen MR) is 154 cm³/mol. The first-order valence-corrected chi connectivity index (χ1v) is 14.8. The lowest BCUT2D eigenvalue weighted by Crippen LogP contribution is -2.59. The van der Waals surface area contributed by atoms with Crippen LogP contribution in [-0.4, -0.2) is 80.6 Å². The second-order valence-electron chi connectivity index (χ2n) is 13.2. The maximum Gasteiger partial charge on any atom is 0.405 e. The van der Waals surface area contributed by atoms with Crippen LogP contribution < -0.4 is 16.0 Å². The Balaban J connectivity index is 1.85. The number of hydrogen-bond acceptors (Lipinski definition) is 6. The van der Waals surface area contributed by atoms with Crippen molar-refractivity contribution in [1.29, 1.82) is 0 Å². The second-order valence-corrected chi connectivity index (χ2v) is 13.2. The largest absolute Gasteiger partial charge is 0.465 e. The van der Waals surface area contributed by atoms with Crippen molar-refractivity contribution in [2.45, 2.75) is 116 Å². The quantitative estimate of drug-likeness (QED) is 0.257. The van der Waals surface area contributed by atoms with Gasteiger partial charge in [-0.05, 0) is 61.1 Å². The molecular weight excluding hydrogens is 564 g/mol. The van der Waals surface area contributed by atoms with Crippen LogP contribution in [0.3, 0.4) is 0 Å². The number of nitrogens with zero attached hydrogens (tertiary/aromatic N) is 2. The van der Waals surface area contributed by atoms with Gasteiger partial charge in [0, 0.05) is 31.9 Å². The summed E-state index contributed by atoms with van der Waals surface area (Å²) in [5.41, 5.74) is -0.442. The van der Waals surface area contributed by atoms with Crippen LogP contribution in [0.2, 0.25) is 0 Å². The van der Waals surface area contributed by atoms with Crippen molar-refractivity contribution in [3.63, 3.8) is 0 Å². The summed E-state index contributed by atoms with van der Waals surface area (Å²) in [6.45, 7) is 6.18. The smallest absolute Gasteiger partial charge is 0.405 e. The Labute approximate surface area is 251 Å². The maximum atomic E-state index is 13.9. The molecule has 2 fully saturated rings. The molecule has 240 valence electrons. The summed E-state index contributed by atoms with van der Waals surface area (Å²) in [5.74, 6) is -5.18. The molecular formula is C30H45F2N5O6. The monoisotopic (exact) mass is 609 g/mol. The lowest BCUT2D eigenvalue weighted by atomic mass is 9.72. The van der Waals surface area contributed by atoms with Crippen LogP contribution in [0, 0.1) is 10.8 Å². The zero-order chi connectivity index (χ0) is 32.0. The zero-order valence-corrected chi connectivity index (χ0v) is 25.4. The van der Waals surface area contributed by atoms with Crippen LogP contribution >= 0.6 is 0 Å². The SMILES string of the molecule is CC(F)(F)CC[C@H](NC(=O)[C@@H]1CC2(CCCCC2)CN1C(=O)[C@@H](NC(=O)O)C(C)(C)C)C(O)C(=O)NCc1ccncc1. The molecule has 1 saturated carbocycles. The Morgan fingerprint density at radius 2 is 1.70 bits per heavy atom. The molecule has 0 bridgehead atoms. The lowest BCUT2D eigenvalue weighted by Gasteiger charge is -2.36. The number of carbonyl (C=O) groups excluding carboxylic acids is 3. The molecule has 1 spiro atoms. The van der Waals surface area contributed by atoms with Crippen molar-refractivity contribution in [3.05, 3.63) is 30.1 Å². The second kappa shape index (κ2) is 14.0. The minimum absolute atomic E-state index is 0.0568. The number of carbonyl (C=O) groups is 4. The van der Waals surface area contributed by atoms with Gasteiger partial charge in [0.05, 0.1) is 6.04 Å². The van der Waals surface area contributed by atoms with Gasteiger partial charge >= 0.3 is 6.09 Å². The first-order chi connectivity index (χ1) is 20.0. The summed E-state index contributed by atoms with van der Waals surface area (Å²) in [4.78, 5) is 57.5. The number of amides is 4. The fourth-order valence-electron chi connectivity index (χ4n) is 6.10. The van der Waals surface area contributed by atoms with E-state index >= 15 is 0 Å². The molecule has 1 aromatic rings. The fourth-order valence-corrected chi connectivity index (χ4v) is 6.10. The molecule has 2 aliphatic rings. The number of rotatable bonds is 11. The average molecular weight is 610 g/mol. The third-order valence-corrected chi connectivity index (χ3v) is 8.48. The molecule has 2 heterocycles. The molecule has 0 aromatic carbocycles. The highest BCUT2D eigenvalue weighted by molar-refractivity contribution is 5.93. The van der Waals surface area contributed by atoms with Crippen LogP contribution in [0.4, 0.5) is 13.6 Å². The van der Waals surface area contributed by atoms with Crippen LogP contribution in [0.25, 0.3) is 0 Å². The summed E-state index contributed by atoms with van der Waals surface area (Å²) in [6.07, 6.45) is 3.56. The van der Waals surface area contributed by atoms with Gasteiger partial charge in [-0.15, -0.1) is 0 Å². The Kier molecular flexibility index (Phi) is 11.1. The van der Waals surface area contributed by atoms with Gasteiger partial charge in [-0.25, -0.2) is 13.6 Å². The fraction of sp³-hybridized carbons (Fsp3) is 0.700. The summed E-state index contributed by atoms with van der Waals surface area (Å²) in [6, 6.07) is -0.187. The van der Waals surface area contributed by atoms with Crippen molar-refractivity contribution < 1.29 is 38.2 Å². The Morgan fingerprint density at radius 3 is 2.26 bits per heavy atom. The minimum atomic E-state index is -3.11. The third kappa shape index (κ3) is 9.57. The summed E-state index contributed by atoms with van der Waals surface area (Å²) >= 11 is 0. The predicted octanol–water partition coefficient (Wildman–Crippen LogP) is 3.21. The van der Waals surface area contributed by atoms with Crippen molar-refractivity contribution in [3.8, 4) is 0 Å². The summed E-state index contributed by atoms with van der Waals surface area (Å²) in [7, 11) is 0. The molecule has 1 aromatic heterocycles. The summed E-state index contributed by atoms with van der Waals surface area (Å²) < 4.78 is 27.7. The minimum Gasteiger partial charge on any atom is -0.465 e. The molecule has 0 radical (unpaired) electrons. The van der Waals surface area contributed by atoms with E-state index in [1.807, 2.05) is 0 Å². The normalized spacial score (nSPS) is 20.6. The van der Waals surface area contributed by atoms with E-state index in [0.29, 0.717) is 18.9 Å². The molecule has 43 heavy (non-hydrogen) atoms. The van der Waals surface area contributed by atoms with E-state index in [1.165, 1.54) is 17.3 Å². The highest BCUT2D eigenvalue weighted by atomic mass is 19.3. The van der Waals surface area contributed by atoms with E-state index in [4.69, 9.17) is 0 Å². The number of hydrogen-bond donors (Lipinski definition) is 5. The van der Waals surface area contributed by atoms with Gasteiger partial charge in [-0.2, -0.15) is 0 Å². The molecule has 13 heteroatoms. The molecule has 4 amide bonds. The average Bonchev–Trinajstić information content (AvgIpc) is 3.30. The van der Waals surface area contributed by atoms with Crippen molar-refractivity contribution in [2.24, 2.45) is 10.8 Å². The van der Waals surface area contributed by atoms with E-state index in [0.717, 1.165) is 32.1 Å². The Bertz CT molecular complexity index is 1130. The number of aliphatic hydroxyl groups excluding tert-OH is 1. The van der Waals surface area contributed by atoms with Crippen molar-refractivity contribution in [2.75, 3.05) is 6.54 Å². The highest BCUT2D eigenvalue weighted by Gasteiger charge is 2.51. The van der Waals surface area contributed by atoms with E-state index in [2.05, 4.69) is 20.9 Å². The molecule has 1 unspecified atom stereocenters. The lowest BCUT2D eigenvalue weighted by molar-refractivity contribution is -0.143. The number of likely N-dealkylation sites (tertiary alicyclic amines) is 1. The van der Waals surface area contributed by atoms with Crippen molar-refractivity contribution in [1.82, 2.24) is 25.8 Å². The topological polar surface area (TPSA) is 161 Å². The van der Waals surface area contributed by atoms with Gasteiger partial charge in [0.25, 0.3) is 5.91 Å². The Hall–Kier alpha value is -3.35. The molecule has 3 rings (SSSR count). The van der Waals surface area contributed by atoms with Crippen LogP contribution in [0.5, 0.6) is 0 Å². The molecule has 5 N–H and O–H groups in total. The number of carboxylic acid groups (broad SMARTS) is 1. The maximum absolute atomic E-state index is 13.9. The van der Waals surface area contributed by atoms with Gasteiger partial charge in [0.15, 0.2) is 6.10 Å². The number of pyridine rings is 1. The first-order valence-electron chi connectivity index (χ1n) is 14.8. The zero-order valence-electron chi connectivity index (χ0n) is 25.4. The molecule has 1 aliphatic carbocycles. The highest BCUT2D eigenvalue weighted by Crippen LogP contribution is 2.47. The Morgan fingerprint density at radius 1 is 1.07 bits per heavy atom. The van der Waals surface area contributed by atoms with E-state index in [1.54, 1.807) is 32.9 Å². The van der Waals surface area contributed by atoms with Gasteiger partial charge in [0.1, 0.15) is 12.1 Å². The van der Waals surface area contributed by atoms with Crippen molar-refractivity contribution >= 4 is 23.8 Å². The van der Waals surface area contributed by atoms with Gasteiger partial charge < -0.3 is 31.1 Å². The van der Waals surface area contributed by atoms with Crippen LogP contribution in [0.15, 0.2) is 24.5 Å². The van der Waals surface area contributed by atoms with Gasteiger partial charge in [0.2, 0.25) is 17.7 Å². The van der Waals surface area contributed by atoms with Crippen LogP contribution in [0.1, 0.15) is 84.6 Å². The van der Waals surface area contributed by atoms with Gasteiger partial charge in [-0.3, -0.25) is 19.4 Å². The van der Waals surface area contributed by atoms with E-state index in [-0.39, 0.29) is 18.5 Å². The van der Waals surface area contributed by atoms with E-state index < -0.39 is 72.2 Å². The number of aliphatic hydroxyl groups is 1. The molecule has 11 nitrogen and oxygen atoms in total. The number of nitrogens with one attached hydrogen (secondary N) is 3.